The summed E-state index contributed by atoms with van der Waals surface area (Å²) in [6.45, 7) is 2.62. The van der Waals surface area contributed by atoms with Crippen LogP contribution in [-0.2, 0) is 11.3 Å². The number of hydrogen-bond donors (Lipinski definition) is 0. The van der Waals surface area contributed by atoms with E-state index in [9.17, 15) is 14.9 Å². The van der Waals surface area contributed by atoms with Crippen molar-refractivity contribution >= 4 is 22.4 Å². The highest BCUT2D eigenvalue weighted by atomic mass is 16.6. The smallest absolute Gasteiger partial charge is 0.270 e. The first-order valence-corrected chi connectivity index (χ1v) is 6.37. The van der Waals surface area contributed by atoms with Crippen LogP contribution in [0.25, 0.3) is 10.9 Å². The molecule has 5 heteroatoms. The predicted octanol–water partition coefficient (Wildman–Crippen LogP) is 3.31. The van der Waals surface area contributed by atoms with Crippen molar-refractivity contribution in [2.24, 2.45) is 0 Å². The van der Waals surface area contributed by atoms with Gasteiger partial charge in [0.15, 0.2) is 0 Å². The number of nitro benzene ring substituents is 1. The van der Waals surface area contributed by atoms with E-state index in [4.69, 9.17) is 0 Å². The lowest BCUT2D eigenvalue weighted by molar-refractivity contribution is -0.384. The molecule has 1 aromatic heterocycles. The Bertz CT molecular complexity index is 616. The largest absolute Gasteiger partial charge is 0.347 e. The van der Waals surface area contributed by atoms with Gasteiger partial charge in [-0.15, -0.1) is 0 Å². The van der Waals surface area contributed by atoms with E-state index in [1.165, 1.54) is 6.07 Å². The van der Waals surface area contributed by atoms with Gasteiger partial charge in [-0.25, -0.2) is 0 Å². The average Bonchev–Trinajstić information content (AvgIpc) is 2.81. The fraction of sp³-hybridized carbons (Fsp3) is 0.357. The number of non-ortho nitro benzene ring substituents is 1. The second-order valence-electron chi connectivity index (χ2n) is 4.51. The van der Waals surface area contributed by atoms with E-state index in [-0.39, 0.29) is 11.5 Å². The first-order chi connectivity index (χ1) is 9.11. The second-order valence-corrected chi connectivity index (χ2v) is 4.51. The van der Waals surface area contributed by atoms with Crippen LogP contribution in [0.15, 0.2) is 30.5 Å². The van der Waals surface area contributed by atoms with Crippen LogP contribution in [-0.4, -0.2) is 15.3 Å². The Balaban J connectivity index is 2.12. The second kappa shape index (κ2) is 5.65. The molecule has 0 aliphatic heterocycles. The summed E-state index contributed by atoms with van der Waals surface area (Å²) in [7, 11) is 0. The molecule has 0 amide bonds. The van der Waals surface area contributed by atoms with Crippen molar-refractivity contribution < 1.29 is 9.72 Å². The van der Waals surface area contributed by atoms with Gasteiger partial charge >= 0.3 is 0 Å². The molecule has 0 fully saturated rings. The number of hydrogen-bond acceptors (Lipinski definition) is 3. The SMILES string of the molecule is CCC(=O)CCCn1ccc2cc([N+](=O)[O-])ccc21. The van der Waals surface area contributed by atoms with E-state index in [0.717, 1.165) is 23.9 Å². The monoisotopic (exact) mass is 260 g/mol. The van der Waals surface area contributed by atoms with Gasteiger partial charge < -0.3 is 4.57 Å². The van der Waals surface area contributed by atoms with Crippen LogP contribution >= 0.6 is 0 Å². The molecule has 0 N–H and O–H groups in total. The van der Waals surface area contributed by atoms with Gasteiger partial charge in [-0.2, -0.15) is 0 Å². The van der Waals surface area contributed by atoms with E-state index in [1.54, 1.807) is 12.1 Å². The third-order valence-corrected chi connectivity index (χ3v) is 3.21. The minimum atomic E-state index is -0.392. The number of ketones is 1. The predicted molar refractivity (Wildman–Crippen MR) is 73.1 cm³/mol. The molecule has 0 aliphatic rings. The summed E-state index contributed by atoms with van der Waals surface area (Å²) in [6.07, 6.45) is 3.88. The van der Waals surface area contributed by atoms with Crippen molar-refractivity contribution in [1.29, 1.82) is 0 Å². The number of carbonyl (C=O) groups excluding carboxylic acids is 1. The summed E-state index contributed by atoms with van der Waals surface area (Å²) >= 11 is 0. The molecule has 0 saturated heterocycles. The third kappa shape index (κ3) is 2.99. The molecule has 0 bridgehead atoms. The Labute approximate surface area is 111 Å². The number of aromatic nitrogens is 1. The number of nitrogens with zero attached hydrogens (tertiary/aromatic N) is 2. The van der Waals surface area contributed by atoms with Gasteiger partial charge in [0.05, 0.1) is 4.92 Å². The highest BCUT2D eigenvalue weighted by Gasteiger charge is 2.08. The van der Waals surface area contributed by atoms with Crippen LogP contribution in [0.1, 0.15) is 26.2 Å². The van der Waals surface area contributed by atoms with Gasteiger partial charge in [0, 0.05) is 48.6 Å². The first-order valence-electron chi connectivity index (χ1n) is 6.37. The first kappa shape index (κ1) is 13.3. The molecule has 1 heterocycles. The number of carbonyl (C=O) groups is 1. The zero-order valence-electron chi connectivity index (χ0n) is 10.8. The van der Waals surface area contributed by atoms with Crippen LogP contribution in [0.5, 0.6) is 0 Å². The molecule has 0 radical (unpaired) electrons. The summed E-state index contributed by atoms with van der Waals surface area (Å²) in [4.78, 5) is 21.5. The Morgan fingerprint density at radius 3 is 2.84 bits per heavy atom. The minimum absolute atomic E-state index is 0.103. The zero-order chi connectivity index (χ0) is 13.8. The molecule has 0 unspecified atom stereocenters. The molecule has 100 valence electrons. The molecule has 19 heavy (non-hydrogen) atoms. The van der Waals surface area contributed by atoms with Crippen molar-refractivity contribution in [3.8, 4) is 0 Å². The number of nitro groups is 1. The minimum Gasteiger partial charge on any atom is -0.347 e. The van der Waals surface area contributed by atoms with Gasteiger partial charge in [0.1, 0.15) is 5.78 Å². The van der Waals surface area contributed by atoms with Crippen LogP contribution in [0.3, 0.4) is 0 Å². The number of rotatable bonds is 6. The van der Waals surface area contributed by atoms with Crippen LogP contribution in [0.4, 0.5) is 5.69 Å². The fourth-order valence-corrected chi connectivity index (χ4v) is 2.12. The molecule has 2 rings (SSSR count). The maximum absolute atomic E-state index is 11.2. The van der Waals surface area contributed by atoms with Gasteiger partial charge in [0.2, 0.25) is 0 Å². The third-order valence-electron chi connectivity index (χ3n) is 3.21. The molecule has 1 aromatic carbocycles. The van der Waals surface area contributed by atoms with Gasteiger partial charge in [0.25, 0.3) is 5.69 Å². The van der Waals surface area contributed by atoms with Crippen molar-refractivity contribution in [2.75, 3.05) is 0 Å². The van der Waals surface area contributed by atoms with Gasteiger partial charge in [-0.3, -0.25) is 14.9 Å². The Kier molecular flexibility index (Phi) is 3.94. The van der Waals surface area contributed by atoms with E-state index < -0.39 is 4.92 Å². The van der Waals surface area contributed by atoms with E-state index in [2.05, 4.69) is 0 Å². The van der Waals surface area contributed by atoms with Gasteiger partial charge in [-0.05, 0) is 18.6 Å². The lowest BCUT2D eigenvalue weighted by atomic mass is 10.2. The Morgan fingerprint density at radius 1 is 1.37 bits per heavy atom. The van der Waals surface area contributed by atoms with Crippen molar-refractivity contribution in [3.63, 3.8) is 0 Å². The Morgan fingerprint density at radius 2 is 2.16 bits per heavy atom. The molecule has 0 saturated carbocycles. The van der Waals surface area contributed by atoms with Crippen molar-refractivity contribution in [3.05, 3.63) is 40.6 Å². The maximum atomic E-state index is 11.2. The standard InChI is InChI=1S/C14H16N2O3/c1-2-13(17)4-3-8-15-9-7-11-10-12(16(18)19)5-6-14(11)15/h5-7,9-10H,2-4,8H2,1H3. The van der Waals surface area contributed by atoms with E-state index in [0.29, 0.717) is 12.8 Å². The summed E-state index contributed by atoms with van der Waals surface area (Å²) in [5.41, 5.74) is 1.07. The summed E-state index contributed by atoms with van der Waals surface area (Å²) in [5, 5.41) is 11.6. The van der Waals surface area contributed by atoms with Crippen LogP contribution in [0, 0.1) is 10.1 Å². The lowest BCUT2D eigenvalue weighted by Crippen LogP contribution is -2.01. The normalized spacial score (nSPS) is 10.8. The average molecular weight is 260 g/mol. The highest BCUT2D eigenvalue weighted by Crippen LogP contribution is 2.22. The maximum Gasteiger partial charge on any atom is 0.270 e. The van der Waals surface area contributed by atoms with Crippen molar-refractivity contribution in [2.45, 2.75) is 32.7 Å². The van der Waals surface area contributed by atoms with E-state index >= 15 is 0 Å². The molecular weight excluding hydrogens is 244 g/mol. The van der Waals surface area contributed by atoms with Crippen molar-refractivity contribution in [1.82, 2.24) is 4.57 Å². The van der Waals surface area contributed by atoms with E-state index in [1.807, 2.05) is 23.8 Å². The van der Waals surface area contributed by atoms with Crippen LogP contribution in [0.2, 0.25) is 0 Å². The topological polar surface area (TPSA) is 65.1 Å². The summed E-state index contributed by atoms with van der Waals surface area (Å²) in [5.74, 6) is 0.270. The molecular formula is C14H16N2O3. The quantitative estimate of drug-likeness (QED) is 0.591. The number of Topliss-reactive ketones (excluding diaryl/α,β-unsaturated/α-hetero) is 1. The molecule has 0 atom stereocenters. The number of benzene rings is 1. The number of aryl methyl sites for hydroxylation is 1. The zero-order valence-corrected chi connectivity index (χ0v) is 10.8. The lowest BCUT2D eigenvalue weighted by Gasteiger charge is -2.04. The fourth-order valence-electron chi connectivity index (χ4n) is 2.12. The molecule has 0 spiro atoms. The van der Waals surface area contributed by atoms with Gasteiger partial charge in [-0.1, -0.05) is 6.92 Å². The Hall–Kier alpha value is -2.17. The molecule has 5 nitrogen and oxygen atoms in total. The summed E-state index contributed by atoms with van der Waals surface area (Å²) in [6, 6.07) is 6.71. The molecule has 2 aromatic rings. The highest BCUT2D eigenvalue weighted by molar-refractivity contribution is 5.82. The van der Waals surface area contributed by atoms with Crippen LogP contribution < -0.4 is 0 Å². The molecule has 0 aliphatic carbocycles. The number of fused-ring (bicyclic) bond motifs is 1. The summed E-state index contributed by atoms with van der Waals surface area (Å²) < 4.78 is 2.03.